The van der Waals surface area contributed by atoms with Gasteiger partial charge in [-0.3, -0.25) is 0 Å². The summed E-state index contributed by atoms with van der Waals surface area (Å²) in [6.45, 7) is 1.54. The highest BCUT2D eigenvalue weighted by Crippen LogP contribution is 2.22. The molecule has 0 aliphatic carbocycles. The van der Waals surface area contributed by atoms with Crippen molar-refractivity contribution in [2.45, 2.75) is 37.9 Å². The van der Waals surface area contributed by atoms with E-state index in [9.17, 15) is 12.8 Å². The monoisotopic (exact) mass is 469 g/mol. The van der Waals surface area contributed by atoms with E-state index in [0.29, 0.717) is 18.9 Å². The van der Waals surface area contributed by atoms with Gasteiger partial charge in [0.2, 0.25) is 10.0 Å². The molecule has 0 bridgehead atoms. The average Bonchev–Trinajstić information content (AvgIpc) is 3.32. The SMILES string of the molecule is O=S(=O)(Cc1ccccc1)N(Cc1ccc(OCc2cccc(F)c2)cc1)CC1CCCO1. The minimum absolute atomic E-state index is 0.0462. The molecule has 1 heterocycles. The van der Waals surface area contributed by atoms with Gasteiger partial charge in [0.1, 0.15) is 18.2 Å². The molecule has 1 unspecified atom stereocenters. The third kappa shape index (κ3) is 6.87. The Balaban J connectivity index is 1.43. The van der Waals surface area contributed by atoms with Crippen LogP contribution in [0.4, 0.5) is 4.39 Å². The molecular weight excluding hydrogens is 441 g/mol. The van der Waals surface area contributed by atoms with Gasteiger partial charge in [-0.25, -0.2) is 12.8 Å². The van der Waals surface area contributed by atoms with E-state index in [1.807, 2.05) is 54.6 Å². The zero-order chi connectivity index (χ0) is 23.1. The summed E-state index contributed by atoms with van der Waals surface area (Å²) in [5.41, 5.74) is 2.37. The average molecular weight is 470 g/mol. The first-order valence-electron chi connectivity index (χ1n) is 11.1. The van der Waals surface area contributed by atoms with Gasteiger partial charge in [0.15, 0.2) is 0 Å². The Labute approximate surface area is 194 Å². The summed E-state index contributed by atoms with van der Waals surface area (Å²) in [6, 6.07) is 22.8. The Morgan fingerprint density at radius 1 is 0.939 bits per heavy atom. The van der Waals surface area contributed by atoms with Crippen molar-refractivity contribution >= 4 is 10.0 Å². The number of benzene rings is 3. The zero-order valence-corrected chi connectivity index (χ0v) is 19.2. The molecule has 33 heavy (non-hydrogen) atoms. The molecule has 4 rings (SSSR count). The van der Waals surface area contributed by atoms with Crippen molar-refractivity contribution in [2.75, 3.05) is 13.2 Å². The second-order valence-corrected chi connectivity index (χ2v) is 10.2. The normalized spacial score (nSPS) is 16.2. The lowest BCUT2D eigenvalue weighted by molar-refractivity contribution is 0.0925. The maximum atomic E-state index is 13.3. The molecule has 5 nitrogen and oxygen atoms in total. The van der Waals surface area contributed by atoms with Crippen LogP contribution in [0.3, 0.4) is 0 Å². The summed E-state index contributed by atoms with van der Waals surface area (Å²) in [5.74, 6) is 0.297. The van der Waals surface area contributed by atoms with Crippen LogP contribution in [-0.2, 0) is 33.7 Å². The van der Waals surface area contributed by atoms with Crippen molar-refractivity contribution in [1.29, 1.82) is 0 Å². The summed E-state index contributed by atoms with van der Waals surface area (Å²) in [4.78, 5) is 0. The Hall–Kier alpha value is -2.74. The van der Waals surface area contributed by atoms with Gasteiger partial charge < -0.3 is 9.47 Å². The second-order valence-electron chi connectivity index (χ2n) is 8.23. The van der Waals surface area contributed by atoms with Gasteiger partial charge >= 0.3 is 0 Å². The predicted molar refractivity (Wildman–Crippen MR) is 126 cm³/mol. The summed E-state index contributed by atoms with van der Waals surface area (Å²) >= 11 is 0. The van der Waals surface area contributed by atoms with E-state index in [1.165, 1.54) is 16.4 Å². The Morgan fingerprint density at radius 2 is 1.70 bits per heavy atom. The lowest BCUT2D eigenvalue weighted by Gasteiger charge is -2.25. The number of nitrogens with zero attached hydrogens (tertiary/aromatic N) is 1. The topological polar surface area (TPSA) is 55.8 Å². The number of ether oxygens (including phenoxy) is 2. The molecule has 1 atom stereocenters. The highest BCUT2D eigenvalue weighted by molar-refractivity contribution is 7.88. The fraction of sp³-hybridized carbons (Fsp3) is 0.308. The third-order valence-electron chi connectivity index (χ3n) is 5.59. The molecule has 3 aromatic carbocycles. The van der Waals surface area contributed by atoms with Gasteiger partial charge in [-0.15, -0.1) is 0 Å². The van der Waals surface area contributed by atoms with E-state index in [-0.39, 0.29) is 30.8 Å². The van der Waals surface area contributed by atoms with Crippen LogP contribution in [0.25, 0.3) is 0 Å². The first-order chi connectivity index (χ1) is 16.0. The molecule has 0 spiro atoms. The molecule has 0 N–H and O–H groups in total. The Morgan fingerprint density at radius 3 is 2.39 bits per heavy atom. The number of rotatable bonds is 10. The highest BCUT2D eigenvalue weighted by Gasteiger charge is 2.28. The van der Waals surface area contributed by atoms with E-state index < -0.39 is 10.0 Å². The third-order valence-corrected chi connectivity index (χ3v) is 7.36. The molecule has 1 aliphatic rings. The number of hydrogen-bond acceptors (Lipinski definition) is 4. The number of hydrogen-bond donors (Lipinski definition) is 0. The number of halogens is 1. The molecule has 1 aliphatic heterocycles. The first kappa shape index (κ1) is 23.4. The minimum atomic E-state index is -3.53. The van der Waals surface area contributed by atoms with Crippen LogP contribution in [0, 0.1) is 5.82 Å². The van der Waals surface area contributed by atoms with Gasteiger partial charge in [0.25, 0.3) is 0 Å². The molecule has 0 radical (unpaired) electrons. The zero-order valence-electron chi connectivity index (χ0n) is 18.4. The fourth-order valence-electron chi connectivity index (χ4n) is 3.86. The fourth-order valence-corrected chi connectivity index (χ4v) is 5.39. The van der Waals surface area contributed by atoms with E-state index in [2.05, 4.69) is 0 Å². The van der Waals surface area contributed by atoms with Crippen molar-refractivity contribution < 1.29 is 22.3 Å². The largest absolute Gasteiger partial charge is 0.489 e. The van der Waals surface area contributed by atoms with Gasteiger partial charge in [0.05, 0.1) is 11.9 Å². The van der Waals surface area contributed by atoms with Crippen LogP contribution in [-0.4, -0.2) is 32.0 Å². The predicted octanol–water partition coefficient (Wildman–Crippen LogP) is 4.92. The molecule has 0 saturated carbocycles. The molecule has 3 aromatic rings. The maximum absolute atomic E-state index is 13.3. The summed E-state index contributed by atoms with van der Waals surface area (Å²) < 4.78 is 52.8. The molecule has 0 amide bonds. The van der Waals surface area contributed by atoms with Gasteiger partial charge in [-0.05, 0) is 53.8 Å². The van der Waals surface area contributed by atoms with Crippen molar-refractivity contribution in [3.63, 3.8) is 0 Å². The van der Waals surface area contributed by atoms with Gasteiger partial charge in [-0.2, -0.15) is 4.31 Å². The molecule has 1 saturated heterocycles. The highest BCUT2D eigenvalue weighted by atomic mass is 32.2. The first-order valence-corrected chi connectivity index (χ1v) is 12.7. The van der Waals surface area contributed by atoms with E-state index in [1.54, 1.807) is 12.1 Å². The van der Waals surface area contributed by atoms with E-state index >= 15 is 0 Å². The van der Waals surface area contributed by atoms with Crippen LogP contribution in [0.2, 0.25) is 0 Å². The van der Waals surface area contributed by atoms with Gasteiger partial charge in [-0.1, -0.05) is 54.6 Å². The molecular formula is C26H28FNO4S. The molecule has 7 heteroatoms. The van der Waals surface area contributed by atoms with E-state index in [4.69, 9.17) is 9.47 Å². The van der Waals surface area contributed by atoms with Crippen LogP contribution in [0.15, 0.2) is 78.9 Å². The van der Waals surface area contributed by atoms with Crippen molar-refractivity contribution in [3.8, 4) is 5.75 Å². The lowest BCUT2D eigenvalue weighted by atomic mass is 10.2. The summed E-state index contributed by atoms with van der Waals surface area (Å²) in [6.07, 6.45) is 1.74. The van der Waals surface area contributed by atoms with Crippen LogP contribution in [0.1, 0.15) is 29.5 Å². The van der Waals surface area contributed by atoms with Gasteiger partial charge in [0, 0.05) is 19.7 Å². The van der Waals surface area contributed by atoms with Crippen molar-refractivity contribution in [2.24, 2.45) is 0 Å². The molecule has 0 aromatic heterocycles. The van der Waals surface area contributed by atoms with Crippen LogP contribution < -0.4 is 4.74 Å². The van der Waals surface area contributed by atoms with Crippen LogP contribution >= 0.6 is 0 Å². The van der Waals surface area contributed by atoms with Crippen molar-refractivity contribution in [3.05, 3.63) is 101 Å². The quantitative estimate of drug-likeness (QED) is 0.423. The van der Waals surface area contributed by atoms with Crippen LogP contribution in [0.5, 0.6) is 5.75 Å². The summed E-state index contributed by atoms with van der Waals surface area (Å²) in [7, 11) is -3.53. The standard InChI is InChI=1S/C26H28FNO4S/c27-24-9-4-8-23(16-24)19-32-25-13-11-21(12-14-25)17-28(18-26-10-5-15-31-26)33(29,30)20-22-6-2-1-3-7-22/h1-4,6-9,11-14,16,26H,5,10,15,17-20H2. The molecule has 1 fully saturated rings. The summed E-state index contributed by atoms with van der Waals surface area (Å²) in [5, 5.41) is 0. The maximum Gasteiger partial charge on any atom is 0.218 e. The lowest BCUT2D eigenvalue weighted by Crippen LogP contribution is -2.37. The van der Waals surface area contributed by atoms with Crippen molar-refractivity contribution in [1.82, 2.24) is 4.31 Å². The Bertz CT molecular complexity index is 1130. The molecule has 174 valence electrons. The Kier molecular flexibility index (Phi) is 7.75. The smallest absolute Gasteiger partial charge is 0.218 e. The number of sulfonamides is 1. The second kappa shape index (κ2) is 10.9. The van der Waals surface area contributed by atoms with E-state index in [0.717, 1.165) is 29.5 Å². The minimum Gasteiger partial charge on any atom is -0.489 e.